The van der Waals surface area contributed by atoms with Crippen molar-refractivity contribution >= 4 is 29.4 Å². The van der Waals surface area contributed by atoms with Crippen LogP contribution in [0.3, 0.4) is 0 Å². The second kappa shape index (κ2) is 9.99. The number of para-hydroxylation sites is 1. The van der Waals surface area contributed by atoms with E-state index in [2.05, 4.69) is 66.4 Å². The van der Waals surface area contributed by atoms with E-state index in [-0.39, 0.29) is 0 Å². The number of hydrogen-bond acceptors (Lipinski definition) is 7. The number of rotatable bonds is 5. The highest BCUT2D eigenvalue weighted by Crippen LogP contribution is 2.45. The monoisotopic (exact) mass is 387 g/mol. The SMILES string of the molecule is CCN1CC(c2ccccc2)Sc2ccccc21.O=C([O-])CC(O)C(=O)[O-]. The van der Waals surface area contributed by atoms with Crippen molar-refractivity contribution in [2.24, 2.45) is 0 Å². The molecule has 2 atom stereocenters. The number of hydrogen-bond donors (Lipinski definition) is 1. The summed E-state index contributed by atoms with van der Waals surface area (Å²) in [6.07, 6.45) is -2.89. The highest BCUT2D eigenvalue weighted by atomic mass is 32.2. The lowest BCUT2D eigenvalue weighted by Gasteiger charge is -2.35. The summed E-state index contributed by atoms with van der Waals surface area (Å²) >= 11 is 1.99. The summed E-state index contributed by atoms with van der Waals surface area (Å²) in [7, 11) is 0. The van der Waals surface area contributed by atoms with Gasteiger partial charge in [0.2, 0.25) is 0 Å². The molecule has 0 saturated carbocycles. The molecular formula is C20H21NO5S-2. The molecule has 0 fully saturated rings. The van der Waals surface area contributed by atoms with Gasteiger partial charge in [-0.05, 0) is 24.6 Å². The molecule has 3 rings (SSSR count). The minimum Gasteiger partial charge on any atom is -0.550 e. The fourth-order valence-corrected chi connectivity index (χ4v) is 4.02. The van der Waals surface area contributed by atoms with Crippen LogP contribution >= 0.6 is 11.8 Å². The van der Waals surface area contributed by atoms with E-state index in [4.69, 9.17) is 5.11 Å². The average Bonchev–Trinajstić information content (AvgIpc) is 2.67. The van der Waals surface area contributed by atoms with Gasteiger partial charge in [-0.15, -0.1) is 11.8 Å². The van der Waals surface area contributed by atoms with Crippen LogP contribution in [0.2, 0.25) is 0 Å². The lowest BCUT2D eigenvalue weighted by atomic mass is 10.1. The first-order valence-corrected chi connectivity index (χ1v) is 9.44. The summed E-state index contributed by atoms with van der Waals surface area (Å²) in [5.41, 5.74) is 2.81. The molecule has 2 aromatic carbocycles. The summed E-state index contributed by atoms with van der Waals surface area (Å²) in [5, 5.41) is 27.9. The second-order valence-electron chi connectivity index (χ2n) is 5.93. The number of carboxylic acids is 2. The Morgan fingerprint density at radius 3 is 2.33 bits per heavy atom. The van der Waals surface area contributed by atoms with Gasteiger partial charge in [-0.3, -0.25) is 0 Å². The van der Waals surface area contributed by atoms with E-state index in [9.17, 15) is 19.8 Å². The molecule has 1 heterocycles. The van der Waals surface area contributed by atoms with Crippen molar-refractivity contribution < 1.29 is 24.9 Å². The van der Waals surface area contributed by atoms with Crippen LogP contribution in [-0.2, 0) is 9.59 Å². The third-order valence-electron chi connectivity index (χ3n) is 4.05. The van der Waals surface area contributed by atoms with Crippen LogP contribution in [0.25, 0.3) is 0 Å². The van der Waals surface area contributed by atoms with E-state index in [1.807, 2.05) is 11.8 Å². The van der Waals surface area contributed by atoms with Gasteiger partial charge in [-0.2, -0.15) is 0 Å². The number of carbonyl (C=O) groups excluding carboxylic acids is 2. The quantitative estimate of drug-likeness (QED) is 0.801. The Balaban J connectivity index is 0.000000249. The maximum Gasteiger partial charge on any atom is 0.0985 e. The van der Waals surface area contributed by atoms with Crippen LogP contribution in [0.15, 0.2) is 59.5 Å². The van der Waals surface area contributed by atoms with Crippen molar-refractivity contribution in [3.8, 4) is 0 Å². The van der Waals surface area contributed by atoms with E-state index in [1.54, 1.807) is 0 Å². The Hall–Kier alpha value is -2.51. The standard InChI is InChI=1S/C16H17NS.C4H6O5/c1-2-17-12-16(13-8-4-3-5-9-13)18-15-11-7-6-10-14(15)17;5-2(4(8)9)1-3(6)7/h3-11,16H,2,12H2,1H3;2,5H,1H2,(H,6,7)(H,8,9)/p-2. The van der Waals surface area contributed by atoms with Gasteiger partial charge in [-0.25, -0.2) is 0 Å². The van der Waals surface area contributed by atoms with Crippen molar-refractivity contribution in [3.05, 3.63) is 60.2 Å². The first kappa shape index (κ1) is 20.8. The van der Waals surface area contributed by atoms with Gasteiger partial charge in [-0.1, -0.05) is 42.5 Å². The molecule has 0 aromatic heterocycles. The third kappa shape index (κ3) is 6.01. The molecule has 0 bridgehead atoms. The number of likely N-dealkylation sites (N-methyl/N-ethyl adjacent to an activating group) is 1. The predicted octanol–water partition coefficient (Wildman–Crippen LogP) is 0.597. The number of thioether (sulfide) groups is 1. The highest BCUT2D eigenvalue weighted by molar-refractivity contribution is 7.99. The van der Waals surface area contributed by atoms with Gasteiger partial charge in [0.1, 0.15) is 0 Å². The van der Waals surface area contributed by atoms with E-state index >= 15 is 0 Å². The Morgan fingerprint density at radius 1 is 1.15 bits per heavy atom. The number of aliphatic hydroxyl groups excluding tert-OH is 1. The van der Waals surface area contributed by atoms with Crippen LogP contribution in [0.4, 0.5) is 5.69 Å². The predicted molar refractivity (Wildman–Crippen MR) is 100 cm³/mol. The largest absolute Gasteiger partial charge is 0.550 e. The number of aliphatic hydroxyl groups is 1. The molecule has 1 N–H and O–H groups in total. The Kier molecular flexibility index (Phi) is 7.69. The smallest absolute Gasteiger partial charge is 0.0985 e. The van der Waals surface area contributed by atoms with Gasteiger partial charge < -0.3 is 29.8 Å². The normalized spacial score (nSPS) is 16.5. The number of carbonyl (C=O) groups is 2. The number of nitrogens with zero attached hydrogens (tertiary/aromatic N) is 1. The molecule has 27 heavy (non-hydrogen) atoms. The Bertz CT molecular complexity index is 768. The lowest BCUT2D eigenvalue weighted by molar-refractivity contribution is -0.323. The van der Waals surface area contributed by atoms with Crippen molar-refractivity contribution in [3.63, 3.8) is 0 Å². The first-order chi connectivity index (χ1) is 12.9. The maximum absolute atomic E-state index is 9.58. The van der Waals surface area contributed by atoms with Crippen LogP contribution in [0, 0.1) is 0 Å². The molecule has 7 heteroatoms. The molecule has 0 aliphatic carbocycles. The van der Waals surface area contributed by atoms with Gasteiger partial charge in [0.25, 0.3) is 0 Å². The average molecular weight is 387 g/mol. The zero-order valence-corrected chi connectivity index (χ0v) is 15.7. The molecule has 0 amide bonds. The summed E-state index contributed by atoms with van der Waals surface area (Å²) in [6.45, 7) is 4.40. The Labute approximate surface area is 162 Å². The first-order valence-electron chi connectivity index (χ1n) is 8.56. The second-order valence-corrected chi connectivity index (χ2v) is 7.18. The van der Waals surface area contributed by atoms with E-state index in [1.165, 1.54) is 16.1 Å². The molecule has 6 nitrogen and oxygen atoms in total. The van der Waals surface area contributed by atoms with Gasteiger partial charge >= 0.3 is 0 Å². The zero-order chi connectivity index (χ0) is 19.8. The van der Waals surface area contributed by atoms with Crippen molar-refractivity contribution in [1.82, 2.24) is 0 Å². The summed E-state index contributed by atoms with van der Waals surface area (Å²) in [4.78, 5) is 23.0. The van der Waals surface area contributed by atoms with Gasteiger partial charge in [0, 0.05) is 30.4 Å². The fraction of sp³-hybridized carbons (Fsp3) is 0.300. The number of anilines is 1. The van der Waals surface area contributed by atoms with Crippen LogP contribution in [0.5, 0.6) is 0 Å². The van der Waals surface area contributed by atoms with Crippen LogP contribution in [-0.4, -0.2) is 36.2 Å². The van der Waals surface area contributed by atoms with Crippen molar-refractivity contribution in [2.75, 3.05) is 18.0 Å². The third-order valence-corrected chi connectivity index (χ3v) is 5.35. The van der Waals surface area contributed by atoms with Crippen LogP contribution < -0.4 is 15.1 Å². The topological polar surface area (TPSA) is 104 Å². The molecule has 2 aromatic rings. The number of fused-ring (bicyclic) bond motifs is 1. The minimum atomic E-state index is -1.96. The summed E-state index contributed by atoms with van der Waals surface area (Å²) in [5.74, 6) is -3.43. The van der Waals surface area contributed by atoms with Crippen molar-refractivity contribution in [2.45, 2.75) is 29.6 Å². The molecule has 2 unspecified atom stereocenters. The number of aliphatic carboxylic acids is 2. The van der Waals surface area contributed by atoms with Gasteiger partial charge in [0.15, 0.2) is 0 Å². The zero-order valence-electron chi connectivity index (χ0n) is 14.9. The molecule has 144 valence electrons. The minimum absolute atomic E-state index is 0.543. The molecular weight excluding hydrogens is 366 g/mol. The lowest BCUT2D eigenvalue weighted by Crippen LogP contribution is -2.39. The fourth-order valence-electron chi connectivity index (χ4n) is 2.69. The van der Waals surface area contributed by atoms with Crippen LogP contribution in [0.1, 0.15) is 24.2 Å². The van der Waals surface area contributed by atoms with E-state index in [0.29, 0.717) is 5.25 Å². The van der Waals surface area contributed by atoms with E-state index in [0.717, 1.165) is 13.1 Å². The molecule has 1 aliphatic heterocycles. The van der Waals surface area contributed by atoms with Crippen molar-refractivity contribution in [1.29, 1.82) is 0 Å². The summed E-state index contributed by atoms with van der Waals surface area (Å²) < 4.78 is 0. The molecule has 0 saturated heterocycles. The highest BCUT2D eigenvalue weighted by Gasteiger charge is 2.24. The maximum atomic E-state index is 9.58. The molecule has 0 spiro atoms. The summed E-state index contributed by atoms with van der Waals surface area (Å²) in [6, 6.07) is 19.5. The Morgan fingerprint density at radius 2 is 1.78 bits per heavy atom. The molecule has 1 aliphatic rings. The number of benzene rings is 2. The van der Waals surface area contributed by atoms with Gasteiger partial charge in [0.05, 0.1) is 23.0 Å². The van der Waals surface area contributed by atoms with E-state index < -0.39 is 24.5 Å². The molecule has 0 radical (unpaired) electrons. The number of carboxylic acid groups (broad SMARTS) is 2.